The van der Waals surface area contributed by atoms with Crippen molar-refractivity contribution in [3.05, 3.63) is 44.2 Å². The van der Waals surface area contributed by atoms with Gasteiger partial charge in [-0.05, 0) is 39.7 Å². The standard InChI is InChI=1S/C13H10BrClO5S2/c1-20-13(17)8-3-2-7(4-10(8)16)6-22(18,19)11-5-9(15)12(14)21-11/h2-5,16H,6H2,1H3. The van der Waals surface area contributed by atoms with Crippen LogP contribution in [-0.4, -0.2) is 26.6 Å². The third-order valence-electron chi connectivity index (χ3n) is 2.75. The van der Waals surface area contributed by atoms with E-state index in [1.54, 1.807) is 0 Å². The molecule has 2 aromatic rings. The van der Waals surface area contributed by atoms with E-state index in [2.05, 4.69) is 20.7 Å². The van der Waals surface area contributed by atoms with Crippen LogP contribution in [0.15, 0.2) is 32.3 Å². The molecule has 1 heterocycles. The predicted octanol–water partition coefficient (Wildman–Crippen LogP) is 3.63. The lowest BCUT2D eigenvalue weighted by atomic mass is 10.1. The lowest BCUT2D eigenvalue weighted by Gasteiger charge is -2.06. The van der Waals surface area contributed by atoms with Crippen molar-refractivity contribution < 1.29 is 23.1 Å². The summed E-state index contributed by atoms with van der Waals surface area (Å²) in [5.74, 6) is -1.34. The number of thiophene rings is 1. The van der Waals surface area contributed by atoms with E-state index in [1.165, 1.54) is 31.4 Å². The van der Waals surface area contributed by atoms with Gasteiger partial charge in [0.1, 0.15) is 15.5 Å². The number of aromatic hydroxyl groups is 1. The van der Waals surface area contributed by atoms with Gasteiger partial charge in [-0.25, -0.2) is 13.2 Å². The van der Waals surface area contributed by atoms with Crippen LogP contribution in [0.5, 0.6) is 5.75 Å². The summed E-state index contributed by atoms with van der Waals surface area (Å²) in [6.07, 6.45) is 0. The molecule has 1 N–H and O–H groups in total. The first-order chi connectivity index (χ1) is 10.2. The summed E-state index contributed by atoms with van der Waals surface area (Å²) in [5.41, 5.74) is 0.330. The number of benzene rings is 1. The van der Waals surface area contributed by atoms with Gasteiger partial charge in [0.15, 0.2) is 9.84 Å². The molecule has 0 radical (unpaired) electrons. The van der Waals surface area contributed by atoms with Crippen LogP contribution in [0.1, 0.15) is 15.9 Å². The molecule has 0 atom stereocenters. The first-order valence-electron chi connectivity index (χ1n) is 5.82. The molecule has 5 nitrogen and oxygen atoms in total. The summed E-state index contributed by atoms with van der Waals surface area (Å²) in [4.78, 5) is 11.4. The molecular formula is C13H10BrClO5S2. The monoisotopic (exact) mass is 424 g/mol. The second-order valence-electron chi connectivity index (χ2n) is 4.29. The maximum Gasteiger partial charge on any atom is 0.341 e. The van der Waals surface area contributed by atoms with Crippen LogP contribution in [0.4, 0.5) is 0 Å². The Hall–Kier alpha value is -1.09. The Morgan fingerprint density at radius 2 is 2.09 bits per heavy atom. The Labute approximate surface area is 144 Å². The first kappa shape index (κ1) is 17.3. The molecule has 9 heteroatoms. The third-order valence-corrected chi connectivity index (χ3v) is 7.48. The van der Waals surface area contributed by atoms with Gasteiger partial charge in [0.05, 0.1) is 21.7 Å². The highest BCUT2D eigenvalue weighted by Crippen LogP contribution is 2.36. The second kappa shape index (κ2) is 6.57. The number of phenolic OH excluding ortho intramolecular Hbond substituents is 1. The zero-order chi connectivity index (χ0) is 16.5. The van der Waals surface area contributed by atoms with Gasteiger partial charge in [-0.2, -0.15) is 0 Å². The van der Waals surface area contributed by atoms with E-state index in [9.17, 15) is 18.3 Å². The molecule has 118 valence electrons. The van der Waals surface area contributed by atoms with Gasteiger partial charge >= 0.3 is 5.97 Å². The molecule has 22 heavy (non-hydrogen) atoms. The highest BCUT2D eigenvalue weighted by atomic mass is 79.9. The van der Waals surface area contributed by atoms with Crippen molar-refractivity contribution in [1.29, 1.82) is 0 Å². The van der Waals surface area contributed by atoms with Gasteiger partial charge in [0.2, 0.25) is 0 Å². The summed E-state index contributed by atoms with van der Waals surface area (Å²) in [7, 11) is -2.40. The third kappa shape index (κ3) is 3.62. The van der Waals surface area contributed by atoms with Crippen molar-refractivity contribution in [3.8, 4) is 5.75 Å². The average molecular weight is 426 g/mol. The SMILES string of the molecule is COC(=O)c1ccc(CS(=O)(=O)c2cc(Cl)c(Br)s2)cc1O. The van der Waals surface area contributed by atoms with Gasteiger partial charge < -0.3 is 9.84 Å². The molecule has 0 saturated carbocycles. The van der Waals surface area contributed by atoms with E-state index >= 15 is 0 Å². The Bertz CT molecular complexity index is 809. The average Bonchev–Trinajstić information content (AvgIpc) is 2.78. The van der Waals surface area contributed by atoms with E-state index < -0.39 is 15.8 Å². The summed E-state index contributed by atoms with van der Waals surface area (Å²) in [6, 6.07) is 5.37. The van der Waals surface area contributed by atoms with E-state index in [0.717, 1.165) is 11.3 Å². The molecule has 1 aromatic carbocycles. The summed E-state index contributed by atoms with van der Waals surface area (Å²) in [6.45, 7) is 0. The number of carbonyl (C=O) groups excluding carboxylic acids is 1. The van der Waals surface area contributed by atoms with E-state index in [-0.39, 0.29) is 21.3 Å². The van der Waals surface area contributed by atoms with Crippen molar-refractivity contribution in [2.75, 3.05) is 7.11 Å². The molecular weight excluding hydrogens is 416 g/mol. The topological polar surface area (TPSA) is 80.7 Å². The second-order valence-corrected chi connectivity index (χ2v) is 9.28. The number of esters is 1. The zero-order valence-electron chi connectivity index (χ0n) is 11.2. The van der Waals surface area contributed by atoms with Crippen LogP contribution in [0, 0.1) is 0 Å². The Morgan fingerprint density at radius 1 is 1.41 bits per heavy atom. The van der Waals surface area contributed by atoms with Crippen LogP contribution in [0.3, 0.4) is 0 Å². The van der Waals surface area contributed by atoms with Gasteiger partial charge in [0, 0.05) is 0 Å². The van der Waals surface area contributed by atoms with Crippen LogP contribution < -0.4 is 0 Å². The maximum atomic E-state index is 12.3. The van der Waals surface area contributed by atoms with Crippen LogP contribution >= 0.6 is 38.9 Å². The molecule has 2 rings (SSSR count). The lowest BCUT2D eigenvalue weighted by molar-refractivity contribution is 0.0597. The van der Waals surface area contributed by atoms with Crippen molar-refractivity contribution in [3.63, 3.8) is 0 Å². The number of phenols is 1. The Balaban J connectivity index is 2.30. The fourth-order valence-electron chi connectivity index (χ4n) is 1.72. The highest BCUT2D eigenvalue weighted by Gasteiger charge is 2.21. The van der Waals surface area contributed by atoms with Crippen LogP contribution in [0.2, 0.25) is 5.02 Å². The van der Waals surface area contributed by atoms with E-state index in [0.29, 0.717) is 14.4 Å². The molecule has 1 aromatic heterocycles. The number of rotatable bonds is 4. The molecule has 0 amide bonds. The van der Waals surface area contributed by atoms with E-state index in [1.807, 2.05) is 0 Å². The fourth-order valence-corrected chi connectivity index (χ4v) is 5.54. The predicted molar refractivity (Wildman–Crippen MR) is 87.4 cm³/mol. The Kier molecular flexibility index (Phi) is 5.16. The van der Waals surface area contributed by atoms with Crippen molar-refractivity contribution in [2.45, 2.75) is 9.96 Å². The molecule has 0 bridgehead atoms. The van der Waals surface area contributed by atoms with Gasteiger partial charge in [-0.1, -0.05) is 17.7 Å². The first-order valence-corrected chi connectivity index (χ1v) is 9.46. The van der Waals surface area contributed by atoms with Crippen LogP contribution in [-0.2, 0) is 20.3 Å². The van der Waals surface area contributed by atoms with Crippen molar-refractivity contribution >= 4 is 54.7 Å². The number of carbonyl (C=O) groups is 1. The number of hydrogen-bond acceptors (Lipinski definition) is 6. The fraction of sp³-hybridized carbons (Fsp3) is 0.154. The smallest absolute Gasteiger partial charge is 0.341 e. The Morgan fingerprint density at radius 3 is 2.59 bits per heavy atom. The molecule has 0 unspecified atom stereocenters. The quantitative estimate of drug-likeness (QED) is 0.757. The van der Waals surface area contributed by atoms with Gasteiger partial charge in [-0.15, -0.1) is 11.3 Å². The molecule has 0 aliphatic heterocycles. The maximum absolute atomic E-state index is 12.3. The number of methoxy groups -OCH3 is 1. The zero-order valence-corrected chi connectivity index (χ0v) is 15.1. The lowest BCUT2D eigenvalue weighted by Crippen LogP contribution is -2.05. The molecule has 0 aliphatic rings. The normalized spacial score (nSPS) is 11.4. The highest BCUT2D eigenvalue weighted by molar-refractivity contribution is 9.11. The van der Waals surface area contributed by atoms with Crippen molar-refractivity contribution in [2.24, 2.45) is 0 Å². The largest absolute Gasteiger partial charge is 0.507 e. The molecule has 0 aliphatic carbocycles. The van der Waals surface area contributed by atoms with Gasteiger partial charge in [-0.3, -0.25) is 0 Å². The van der Waals surface area contributed by atoms with E-state index in [4.69, 9.17) is 11.6 Å². The summed E-state index contributed by atoms with van der Waals surface area (Å²) >= 11 is 10.0. The number of ether oxygens (including phenoxy) is 1. The van der Waals surface area contributed by atoms with Gasteiger partial charge in [0.25, 0.3) is 0 Å². The van der Waals surface area contributed by atoms with Crippen molar-refractivity contribution in [1.82, 2.24) is 0 Å². The number of halogens is 2. The molecule has 0 saturated heterocycles. The summed E-state index contributed by atoms with van der Waals surface area (Å²) < 4.78 is 29.8. The molecule has 0 fully saturated rings. The number of hydrogen-bond donors (Lipinski definition) is 1. The summed E-state index contributed by atoms with van der Waals surface area (Å²) in [5, 5.41) is 10.1. The van der Waals surface area contributed by atoms with Crippen LogP contribution in [0.25, 0.3) is 0 Å². The minimum absolute atomic E-state index is 0.0226. The number of sulfone groups is 1. The minimum Gasteiger partial charge on any atom is -0.507 e. The minimum atomic E-state index is -3.59. The molecule has 0 spiro atoms.